The number of rotatable bonds is 6. The van der Waals surface area contributed by atoms with E-state index < -0.39 is 6.04 Å². The molecule has 0 bridgehead atoms. The van der Waals surface area contributed by atoms with E-state index in [-0.39, 0.29) is 5.91 Å². The lowest BCUT2D eigenvalue weighted by Gasteiger charge is -2.13. The Kier molecular flexibility index (Phi) is 4.84. The summed E-state index contributed by atoms with van der Waals surface area (Å²) >= 11 is 0. The number of anilines is 1. The van der Waals surface area contributed by atoms with E-state index in [1.165, 1.54) is 0 Å². The molecule has 2 heterocycles. The van der Waals surface area contributed by atoms with Crippen LogP contribution in [0.15, 0.2) is 36.8 Å². The number of nitrogens with zero attached hydrogens (tertiary/aromatic N) is 3. The first-order chi connectivity index (χ1) is 9.72. The van der Waals surface area contributed by atoms with Gasteiger partial charge in [0, 0.05) is 18.6 Å². The Morgan fingerprint density at radius 1 is 1.45 bits per heavy atom. The molecule has 0 aliphatic carbocycles. The number of amides is 1. The minimum Gasteiger partial charge on any atom is -0.322 e. The van der Waals surface area contributed by atoms with Crippen LogP contribution in [0.4, 0.5) is 5.69 Å². The Morgan fingerprint density at radius 2 is 2.30 bits per heavy atom. The molecule has 1 amide bonds. The number of nitrogens with two attached hydrogens (primary N) is 1. The average molecular weight is 273 g/mol. The summed E-state index contributed by atoms with van der Waals surface area (Å²) in [5.74, 6) is 0.383. The summed E-state index contributed by atoms with van der Waals surface area (Å²) < 4.78 is 1.60. The smallest absolute Gasteiger partial charge is 0.241 e. The predicted molar refractivity (Wildman–Crippen MR) is 77.5 cm³/mol. The van der Waals surface area contributed by atoms with Gasteiger partial charge in [0.25, 0.3) is 0 Å². The lowest BCUT2D eigenvalue weighted by molar-refractivity contribution is -0.117. The molecule has 0 spiro atoms. The van der Waals surface area contributed by atoms with Gasteiger partial charge in [-0.1, -0.05) is 19.8 Å². The first-order valence-electron chi connectivity index (χ1n) is 6.74. The number of unbranched alkanes of at least 4 members (excludes halogenated alkanes) is 1. The third-order valence-corrected chi connectivity index (χ3v) is 2.97. The van der Waals surface area contributed by atoms with Gasteiger partial charge in [-0.25, -0.2) is 9.67 Å². The summed E-state index contributed by atoms with van der Waals surface area (Å²) in [7, 11) is 0. The highest BCUT2D eigenvalue weighted by atomic mass is 16.2. The highest BCUT2D eigenvalue weighted by molar-refractivity contribution is 5.95. The number of hydrogen-bond donors (Lipinski definition) is 2. The second kappa shape index (κ2) is 6.81. The Labute approximate surface area is 118 Å². The first kappa shape index (κ1) is 14.2. The number of aromatic nitrogens is 3. The van der Waals surface area contributed by atoms with Crippen LogP contribution in [-0.4, -0.2) is 26.7 Å². The molecule has 3 N–H and O–H groups in total. The molecule has 2 aromatic rings. The van der Waals surface area contributed by atoms with Gasteiger partial charge < -0.3 is 11.1 Å². The van der Waals surface area contributed by atoms with E-state index >= 15 is 0 Å². The van der Waals surface area contributed by atoms with Crippen LogP contribution in [0.5, 0.6) is 0 Å². The van der Waals surface area contributed by atoms with Crippen molar-refractivity contribution in [1.82, 2.24) is 14.8 Å². The van der Waals surface area contributed by atoms with Gasteiger partial charge in [-0.2, -0.15) is 5.10 Å². The van der Waals surface area contributed by atoms with Crippen LogP contribution in [0.3, 0.4) is 0 Å². The first-order valence-corrected chi connectivity index (χ1v) is 6.74. The molecular weight excluding hydrogens is 254 g/mol. The third kappa shape index (κ3) is 3.42. The maximum Gasteiger partial charge on any atom is 0.241 e. The monoisotopic (exact) mass is 273 g/mol. The molecule has 6 heteroatoms. The molecule has 0 radical (unpaired) electrons. The number of pyridine rings is 1. The molecule has 2 rings (SSSR count). The van der Waals surface area contributed by atoms with E-state index in [0.717, 1.165) is 12.8 Å². The lowest BCUT2D eigenvalue weighted by atomic mass is 10.1. The van der Waals surface area contributed by atoms with Crippen LogP contribution in [0, 0.1) is 0 Å². The zero-order valence-corrected chi connectivity index (χ0v) is 11.5. The van der Waals surface area contributed by atoms with Crippen molar-refractivity contribution in [2.75, 3.05) is 5.32 Å². The number of nitrogens with one attached hydrogen (secondary N) is 1. The molecule has 6 nitrogen and oxygen atoms in total. The van der Waals surface area contributed by atoms with Crippen molar-refractivity contribution in [2.24, 2.45) is 5.73 Å². The van der Waals surface area contributed by atoms with Gasteiger partial charge in [0.1, 0.15) is 0 Å². The summed E-state index contributed by atoms with van der Waals surface area (Å²) in [6.45, 7) is 2.07. The van der Waals surface area contributed by atoms with Crippen LogP contribution in [0.1, 0.15) is 26.2 Å². The predicted octanol–water partition coefficient (Wildman–Crippen LogP) is 1.72. The van der Waals surface area contributed by atoms with Crippen LogP contribution >= 0.6 is 0 Å². The second-order valence-electron chi connectivity index (χ2n) is 4.56. The molecule has 0 unspecified atom stereocenters. The van der Waals surface area contributed by atoms with Crippen molar-refractivity contribution in [3.8, 4) is 5.82 Å². The largest absolute Gasteiger partial charge is 0.322 e. The van der Waals surface area contributed by atoms with Gasteiger partial charge in [0.2, 0.25) is 5.91 Å². The molecule has 2 aromatic heterocycles. The number of hydrogen-bond acceptors (Lipinski definition) is 4. The van der Waals surface area contributed by atoms with Crippen molar-refractivity contribution in [3.63, 3.8) is 0 Å². The molecule has 0 aromatic carbocycles. The van der Waals surface area contributed by atoms with Gasteiger partial charge in [-0.15, -0.1) is 0 Å². The van der Waals surface area contributed by atoms with Crippen molar-refractivity contribution in [3.05, 3.63) is 36.8 Å². The summed E-state index contributed by atoms with van der Waals surface area (Å²) in [6.07, 6.45) is 7.73. The molecule has 0 aliphatic rings. The molecule has 106 valence electrons. The van der Waals surface area contributed by atoms with Crippen molar-refractivity contribution >= 4 is 11.6 Å². The van der Waals surface area contributed by atoms with Gasteiger partial charge in [0.15, 0.2) is 5.82 Å². The van der Waals surface area contributed by atoms with Crippen molar-refractivity contribution in [2.45, 2.75) is 32.2 Å². The van der Waals surface area contributed by atoms with Crippen LogP contribution in [0.2, 0.25) is 0 Å². The minimum absolute atomic E-state index is 0.195. The average Bonchev–Trinajstić information content (AvgIpc) is 2.99. The van der Waals surface area contributed by atoms with E-state index in [1.54, 1.807) is 41.5 Å². The highest BCUT2D eigenvalue weighted by Crippen LogP contribution is 2.16. The molecule has 1 atom stereocenters. The fraction of sp³-hybridized carbons (Fsp3) is 0.357. The molecular formula is C14H19N5O. The maximum absolute atomic E-state index is 12.0. The summed E-state index contributed by atoms with van der Waals surface area (Å²) in [6, 6.07) is 4.85. The SMILES string of the molecule is CCCC[C@H](N)C(=O)Nc1cccnc1-n1cccn1. The van der Waals surface area contributed by atoms with E-state index in [1.807, 2.05) is 0 Å². The van der Waals surface area contributed by atoms with Crippen LogP contribution in [-0.2, 0) is 4.79 Å². The summed E-state index contributed by atoms with van der Waals surface area (Å²) in [4.78, 5) is 16.3. The lowest BCUT2D eigenvalue weighted by Crippen LogP contribution is -2.35. The molecule has 0 fully saturated rings. The Hall–Kier alpha value is -2.21. The zero-order chi connectivity index (χ0) is 14.4. The Balaban J connectivity index is 2.12. The molecule has 0 aliphatic heterocycles. The summed E-state index contributed by atoms with van der Waals surface area (Å²) in [5.41, 5.74) is 6.47. The van der Waals surface area contributed by atoms with Gasteiger partial charge >= 0.3 is 0 Å². The topological polar surface area (TPSA) is 85.8 Å². The van der Waals surface area contributed by atoms with E-state index in [0.29, 0.717) is 17.9 Å². The minimum atomic E-state index is -0.499. The normalized spacial score (nSPS) is 12.1. The standard InChI is InChI=1S/C14H19N5O/c1-2-3-6-11(15)14(20)18-12-7-4-8-16-13(12)19-10-5-9-17-19/h4-5,7-11H,2-3,6,15H2,1H3,(H,18,20)/t11-/m0/s1. The Morgan fingerprint density at radius 3 is 3.00 bits per heavy atom. The number of carbonyl (C=O) groups is 1. The third-order valence-electron chi connectivity index (χ3n) is 2.97. The van der Waals surface area contributed by atoms with Crippen LogP contribution < -0.4 is 11.1 Å². The van der Waals surface area contributed by atoms with Crippen LogP contribution in [0.25, 0.3) is 5.82 Å². The zero-order valence-electron chi connectivity index (χ0n) is 11.5. The fourth-order valence-electron chi connectivity index (χ4n) is 1.85. The summed E-state index contributed by atoms with van der Waals surface area (Å²) in [5, 5.41) is 6.94. The quantitative estimate of drug-likeness (QED) is 0.839. The van der Waals surface area contributed by atoms with E-state index in [9.17, 15) is 4.79 Å². The maximum atomic E-state index is 12.0. The molecule has 20 heavy (non-hydrogen) atoms. The highest BCUT2D eigenvalue weighted by Gasteiger charge is 2.15. The molecule has 0 saturated carbocycles. The van der Waals surface area contributed by atoms with Gasteiger partial charge in [0.05, 0.1) is 11.7 Å². The molecule has 0 saturated heterocycles. The second-order valence-corrected chi connectivity index (χ2v) is 4.56. The fourth-order valence-corrected chi connectivity index (χ4v) is 1.85. The number of carbonyl (C=O) groups excluding carboxylic acids is 1. The Bertz CT molecular complexity index is 552. The van der Waals surface area contributed by atoms with Crippen molar-refractivity contribution in [1.29, 1.82) is 0 Å². The van der Waals surface area contributed by atoms with Gasteiger partial charge in [-0.05, 0) is 24.6 Å². The van der Waals surface area contributed by atoms with E-state index in [4.69, 9.17) is 5.73 Å². The van der Waals surface area contributed by atoms with Gasteiger partial charge in [-0.3, -0.25) is 4.79 Å². The van der Waals surface area contributed by atoms with Crippen molar-refractivity contribution < 1.29 is 4.79 Å². The van der Waals surface area contributed by atoms with E-state index in [2.05, 4.69) is 22.3 Å².